The summed E-state index contributed by atoms with van der Waals surface area (Å²) >= 11 is 5.49. The van der Waals surface area contributed by atoms with Crippen molar-refractivity contribution in [3.05, 3.63) is 29.0 Å². The number of ether oxygens (including phenoxy) is 1. The fourth-order valence-corrected chi connectivity index (χ4v) is 0.783. The Labute approximate surface area is 81.7 Å². The van der Waals surface area contributed by atoms with E-state index in [9.17, 15) is 4.39 Å². The molecule has 0 N–H and O–H groups in total. The van der Waals surface area contributed by atoms with Crippen LogP contribution in [0.4, 0.5) is 4.39 Å². The maximum Gasteiger partial charge on any atom is 1.00 e. The van der Waals surface area contributed by atoms with E-state index in [1.165, 1.54) is 19.2 Å². The Balaban J connectivity index is 0.000001000. The molecule has 0 amide bonds. The first-order valence-corrected chi connectivity index (χ1v) is 3.02. The van der Waals surface area contributed by atoms with Gasteiger partial charge in [-0.15, -0.1) is 29.8 Å². The Hall–Kier alpha value is -0.163. The zero-order chi connectivity index (χ0) is 7.56. The van der Waals surface area contributed by atoms with E-state index in [0.29, 0.717) is 10.8 Å². The van der Waals surface area contributed by atoms with Crippen molar-refractivity contribution < 1.29 is 28.0 Å². The molecule has 1 rings (SSSR count). The quantitative estimate of drug-likeness (QED) is 0.396. The summed E-state index contributed by atoms with van der Waals surface area (Å²) < 4.78 is 17.1. The van der Waals surface area contributed by atoms with Gasteiger partial charge in [0, 0.05) is 11.6 Å². The summed E-state index contributed by atoms with van der Waals surface area (Å²) in [6.07, 6.45) is 0. The van der Waals surface area contributed by atoms with E-state index in [4.69, 9.17) is 16.3 Å². The Bertz CT molecular complexity index is 222. The molecule has 1 nitrogen and oxygen atoms in total. The number of benzene rings is 1. The molecule has 11 heavy (non-hydrogen) atoms. The van der Waals surface area contributed by atoms with Gasteiger partial charge in [0.05, 0.1) is 7.11 Å². The van der Waals surface area contributed by atoms with Gasteiger partial charge in [0.25, 0.3) is 0 Å². The van der Waals surface area contributed by atoms with E-state index in [-0.39, 0.29) is 18.9 Å². The molecule has 0 atom stereocenters. The van der Waals surface area contributed by atoms with Crippen LogP contribution in [0, 0.1) is 11.9 Å². The number of halogens is 2. The molecular weight excluding hydrogens is 161 g/mol. The van der Waals surface area contributed by atoms with Gasteiger partial charge in [0.15, 0.2) is 0 Å². The minimum atomic E-state index is -0.510. The monoisotopic (exact) mass is 166 g/mol. The third-order valence-electron chi connectivity index (χ3n) is 0.996. The number of rotatable bonds is 1. The molecule has 0 radical (unpaired) electrons. The summed E-state index contributed by atoms with van der Waals surface area (Å²) in [5.74, 6) is -0.200. The van der Waals surface area contributed by atoms with Crippen LogP contribution in [-0.4, -0.2) is 7.11 Å². The molecule has 0 saturated carbocycles. The van der Waals surface area contributed by atoms with Crippen LogP contribution in [0.25, 0.3) is 0 Å². The Morgan fingerprint density at radius 3 is 2.64 bits per heavy atom. The molecule has 0 aliphatic rings. The first-order valence-electron chi connectivity index (χ1n) is 2.65. The fraction of sp³-hybridized carbons (Fsp3) is 0.143. The molecule has 1 aromatic carbocycles. The van der Waals surface area contributed by atoms with Gasteiger partial charge < -0.3 is 4.74 Å². The van der Waals surface area contributed by atoms with Crippen molar-refractivity contribution in [3.8, 4) is 5.75 Å². The molecule has 0 spiro atoms. The van der Waals surface area contributed by atoms with E-state index >= 15 is 0 Å². The normalized spacial score (nSPS) is 8.64. The molecule has 0 fully saturated rings. The van der Waals surface area contributed by atoms with Crippen molar-refractivity contribution in [3.63, 3.8) is 0 Å². The van der Waals surface area contributed by atoms with Gasteiger partial charge in [-0.1, -0.05) is 5.02 Å². The molecule has 54 valence electrons. The summed E-state index contributed by atoms with van der Waals surface area (Å²) in [5.41, 5.74) is 0. The van der Waals surface area contributed by atoms with E-state index in [2.05, 4.69) is 6.07 Å². The molecule has 0 unspecified atom stereocenters. The number of methoxy groups -OCH3 is 1. The summed E-state index contributed by atoms with van der Waals surface area (Å²) in [4.78, 5) is 0. The van der Waals surface area contributed by atoms with Crippen LogP contribution in [0.1, 0.15) is 0 Å². The van der Waals surface area contributed by atoms with Crippen molar-refractivity contribution in [2.75, 3.05) is 7.11 Å². The van der Waals surface area contributed by atoms with E-state index < -0.39 is 5.82 Å². The van der Waals surface area contributed by atoms with Crippen LogP contribution in [-0.2, 0) is 0 Å². The zero-order valence-corrected chi connectivity index (χ0v) is 7.07. The van der Waals surface area contributed by atoms with Gasteiger partial charge in [-0.05, 0) is 0 Å². The third-order valence-corrected chi connectivity index (χ3v) is 1.21. The van der Waals surface area contributed by atoms with Gasteiger partial charge >= 0.3 is 18.9 Å². The second kappa shape index (κ2) is 4.66. The van der Waals surface area contributed by atoms with Crippen molar-refractivity contribution in [1.82, 2.24) is 0 Å². The van der Waals surface area contributed by atoms with Gasteiger partial charge in [-0.25, -0.2) is 4.39 Å². The van der Waals surface area contributed by atoms with Crippen molar-refractivity contribution in [1.29, 1.82) is 0 Å². The van der Waals surface area contributed by atoms with Crippen molar-refractivity contribution >= 4 is 11.6 Å². The summed E-state index contributed by atoms with van der Waals surface area (Å²) in [7, 11) is 1.43. The molecule has 0 heterocycles. The Morgan fingerprint density at radius 1 is 1.55 bits per heavy atom. The SMILES string of the molecule is COc1[c-]c(F)cc(Cl)c1.[Li+]. The average molecular weight is 167 g/mol. The van der Waals surface area contributed by atoms with E-state index in [0.717, 1.165) is 0 Å². The third kappa shape index (κ3) is 3.16. The Kier molecular flexibility index (Phi) is 4.59. The van der Waals surface area contributed by atoms with E-state index in [1.54, 1.807) is 0 Å². The van der Waals surface area contributed by atoms with E-state index in [1.807, 2.05) is 0 Å². The number of hydrogen-bond donors (Lipinski definition) is 0. The number of hydrogen-bond acceptors (Lipinski definition) is 1. The molecule has 0 aromatic heterocycles. The summed E-state index contributed by atoms with van der Waals surface area (Å²) in [6.45, 7) is 0. The molecule has 0 bridgehead atoms. The molecular formula is C7H5ClFLiO. The van der Waals surface area contributed by atoms with Crippen molar-refractivity contribution in [2.45, 2.75) is 0 Å². The van der Waals surface area contributed by atoms with Crippen LogP contribution in [0.3, 0.4) is 0 Å². The summed E-state index contributed by atoms with van der Waals surface area (Å²) in [6, 6.07) is 4.99. The predicted molar refractivity (Wildman–Crippen MR) is 36.8 cm³/mol. The maximum atomic E-state index is 12.4. The minimum Gasteiger partial charge on any atom is -0.522 e. The largest absolute Gasteiger partial charge is 1.00 e. The Morgan fingerprint density at radius 2 is 2.18 bits per heavy atom. The first kappa shape index (κ1) is 10.8. The smallest absolute Gasteiger partial charge is 0.522 e. The standard InChI is InChI=1S/C7H5ClFO.Li/c1-10-7-3-5(8)2-6(9)4-7;/h2-3H,1H3;/q-1;+1. The minimum absolute atomic E-state index is 0. The second-order valence-electron chi connectivity index (χ2n) is 1.71. The molecule has 0 aliphatic heterocycles. The van der Waals surface area contributed by atoms with Gasteiger partial charge in [0.2, 0.25) is 0 Å². The maximum absolute atomic E-state index is 12.4. The van der Waals surface area contributed by atoms with Crippen molar-refractivity contribution in [2.24, 2.45) is 0 Å². The van der Waals surface area contributed by atoms with Crippen LogP contribution in [0.2, 0.25) is 5.02 Å². The molecule has 1 aromatic rings. The predicted octanol–water partition coefficient (Wildman–Crippen LogP) is -0.708. The van der Waals surface area contributed by atoms with Crippen LogP contribution < -0.4 is 23.6 Å². The van der Waals surface area contributed by atoms with Crippen LogP contribution in [0.15, 0.2) is 12.1 Å². The van der Waals surface area contributed by atoms with Crippen LogP contribution >= 0.6 is 11.6 Å². The fourth-order valence-electron chi connectivity index (χ4n) is 0.588. The average Bonchev–Trinajstić information content (AvgIpc) is 1.85. The zero-order valence-electron chi connectivity index (χ0n) is 6.32. The van der Waals surface area contributed by atoms with Crippen LogP contribution in [0.5, 0.6) is 5.75 Å². The van der Waals surface area contributed by atoms with Gasteiger partial charge in [-0.3, -0.25) is 0 Å². The molecule has 4 heteroatoms. The van der Waals surface area contributed by atoms with Gasteiger partial charge in [0.1, 0.15) is 0 Å². The summed E-state index contributed by atoms with van der Waals surface area (Å²) in [5, 5.41) is 0.313. The second-order valence-corrected chi connectivity index (χ2v) is 2.15. The van der Waals surface area contributed by atoms with Gasteiger partial charge in [-0.2, -0.15) is 0 Å². The topological polar surface area (TPSA) is 9.23 Å². The first-order chi connectivity index (χ1) is 4.72. The molecule has 0 saturated heterocycles. The molecule has 0 aliphatic carbocycles.